The molecule has 0 aromatic heterocycles. The first kappa shape index (κ1) is 18.0. The average molecular weight is 364 g/mol. The molecule has 134 valence electrons. The molecule has 1 heterocycles. The molecule has 0 atom stereocenters. The third-order valence-electron chi connectivity index (χ3n) is 4.03. The minimum atomic E-state index is -0.226. The van der Waals surface area contributed by atoms with Gasteiger partial charge in [-0.05, 0) is 23.3 Å². The predicted molar refractivity (Wildman–Crippen MR) is 96.2 cm³/mol. The Balaban J connectivity index is 1.56. The molecule has 0 radical (unpaired) electrons. The lowest BCUT2D eigenvalue weighted by molar-refractivity contribution is -0.0441. The molecule has 0 amide bonds. The molecule has 0 saturated carbocycles. The van der Waals surface area contributed by atoms with Crippen LogP contribution in [0.25, 0.3) is 0 Å². The predicted octanol–water partition coefficient (Wildman–Crippen LogP) is 3.69. The smallest absolute Gasteiger partial charge is 0.184 e. The number of rotatable bonds is 7. The summed E-state index contributed by atoms with van der Waals surface area (Å²) in [6, 6.07) is 12.0. The molecule has 2 aromatic rings. The van der Waals surface area contributed by atoms with Gasteiger partial charge in [-0.15, -0.1) is 0 Å². The van der Waals surface area contributed by atoms with E-state index in [0.29, 0.717) is 36.3 Å². The highest BCUT2D eigenvalue weighted by Crippen LogP contribution is 2.36. The van der Waals surface area contributed by atoms with E-state index >= 15 is 0 Å². The maximum Gasteiger partial charge on any atom is 0.184 e. The summed E-state index contributed by atoms with van der Waals surface area (Å²) in [6.07, 6.45) is -0.226. The van der Waals surface area contributed by atoms with Crippen molar-refractivity contribution in [1.82, 2.24) is 5.32 Å². The summed E-state index contributed by atoms with van der Waals surface area (Å²) in [5, 5.41) is 3.95. The Labute approximate surface area is 152 Å². The molecular weight excluding hydrogens is 342 g/mol. The average Bonchev–Trinajstić information content (AvgIpc) is 3.16. The molecule has 0 spiro atoms. The van der Waals surface area contributed by atoms with Crippen LogP contribution in [0.3, 0.4) is 0 Å². The maximum absolute atomic E-state index is 6.23. The van der Waals surface area contributed by atoms with Crippen molar-refractivity contribution in [3.05, 3.63) is 58.1 Å². The largest absolute Gasteiger partial charge is 0.493 e. The Morgan fingerprint density at radius 1 is 1.00 bits per heavy atom. The topological polar surface area (TPSA) is 49.0 Å². The number of ether oxygens (including phenoxy) is 4. The maximum atomic E-state index is 6.23. The first-order chi connectivity index (χ1) is 12.2. The summed E-state index contributed by atoms with van der Waals surface area (Å²) >= 11 is 6.23. The second-order valence-electron chi connectivity index (χ2n) is 5.73. The van der Waals surface area contributed by atoms with Gasteiger partial charge in [-0.25, -0.2) is 0 Å². The molecule has 1 aliphatic rings. The molecule has 6 heteroatoms. The van der Waals surface area contributed by atoms with Crippen LogP contribution in [-0.4, -0.2) is 27.4 Å². The molecule has 5 nitrogen and oxygen atoms in total. The molecule has 2 aromatic carbocycles. The van der Waals surface area contributed by atoms with Gasteiger partial charge in [0.1, 0.15) is 0 Å². The fourth-order valence-electron chi connectivity index (χ4n) is 2.77. The van der Waals surface area contributed by atoms with Crippen molar-refractivity contribution in [2.45, 2.75) is 19.4 Å². The number of nitrogens with one attached hydrogen (secondary N) is 1. The zero-order valence-corrected chi connectivity index (χ0v) is 15.1. The summed E-state index contributed by atoms with van der Waals surface area (Å²) in [4.78, 5) is 0. The van der Waals surface area contributed by atoms with E-state index in [1.54, 1.807) is 14.2 Å². The van der Waals surface area contributed by atoms with Gasteiger partial charge in [-0.1, -0.05) is 35.9 Å². The monoisotopic (exact) mass is 363 g/mol. The van der Waals surface area contributed by atoms with Gasteiger partial charge in [0.05, 0.1) is 32.5 Å². The third-order valence-corrected chi connectivity index (χ3v) is 4.31. The van der Waals surface area contributed by atoms with Gasteiger partial charge in [0, 0.05) is 18.7 Å². The zero-order chi connectivity index (χ0) is 17.6. The van der Waals surface area contributed by atoms with Gasteiger partial charge in [0.2, 0.25) is 0 Å². The van der Waals surface area contributed by atoms with Gasteiger partial charge in [0.25, 0.3) is 0 Å². The molecule has 1 fully saturated rings. The Morgan fingerprint density at radius 3 is 2.32 bits per heavy atom. The van der Waals surface area contributed by atoms with Crippen LogP contribution in [0.15, 0.2) is 36.4 Å². The molecule has 1 N–H and O–H groups in total. The standard InChI is InChI=1S/C19H22ClNO4/c1-22-17-10-14(9-16(20)18(17)23-2)12-21-11-13-3-5-15(6-4-13)19-24-7-8-25-19/h3-6,9-10,19,21H,7-8,11-12H2,1-2H3. The highest BCUT2D eigenvalue weighted by molar-refractivity contribution is 6.32. The second kappa shape index (κ2) is 8.54. The lowest BCUT2D eigenvalue weighted by atomic mass is 10.1. The lowest BCUT2D eigenvalue weighted by Crippen LogP contribution is -2.13. The lowest BCUT2D eigenvalue weighted by Gasteiger charge is -2.13. The van der Waals surface area contributed by atoms with E-state index in [9.17, 15) is 0 Å². The summed E-state index contributed by atoms with van der Waals surface area (Å²) in [6.45, 7) is 2.74. The van der Waals surface area contributed by atoms with Crippen molar-refractivity contribution in [2.75, 3.05) is 27.4 Å². The summed E-state index contributed by atoms with van der Waals surface area (Å²) in [7, 11) is 3.18. The van der Waals surface area contributed by atoms with Crippen molar-refractivity contribution in [1.29, 1.82) is 0 Å². The van der Waals surface area contributed by atoms with Crippen LogP contribution in [0.1, 0.15) is 23.0 Å². The van der Waals surface area contributed by atoms with Crippen molar-refractivity contribution < 1.29 is 18.9 Å². The van der Waals surface area contributed by atoms with Gasteiger partial charge in [-0.2, -0.15) is 0 Å². The van der Waals surface area contributed by atoms with E-state index in [1.807, 2.05) is 24.3 Å². The number of hydrogen-bond acceptors (Lipinski definition) is 5. The van der Waals surface area contributed by atoms with Gasteiger partial charge in [-0.3, -0.25) is 0 Å². The first-order valence-corrected chi connectivity index (χ1v) is 8.52. The van der Waals surface area contributed by atoms with Crippen LogP contribution < -0.4 is 14.8 Å². The number of methoxy groups -OCH3 is 2. The Bertz CT molecular complexity index is 699. The summed E-state index contributed by atoms with van der Waals surface area (Å²) in [5.41, 5.74) is 3.27. The molecular formula is C19H22ClNO4. The van der Waals surface area contributed by atoms with Crippen LogP contribution in [0.5, 0.6) is 11.5 Å². The molecule has 0 unspecified atom stereocenters. The Hall–Kier alpha value is -1.79. The minimum Gasteiger partial charge on any atom is -0.493 e. The van der Waals surface area contributed by atoms with Crippen molar-refractivity contribution in [3.63, 3.8) is 0 Å². The molecule has 25 heavy (non-hydrogen) atoms. The number of halogens is 1. The molecule has 1 aliphatic heterocycles. The fraction of sp³-hybridized carbons (Fsp3) is 0.368. The Kier molecular flexibility index (Phi) is 6.15. The molecule has 0 aliphatic carbocycles. The van der Waals surface area contributed by atoms with Crippen LogP contribution >= 0.6 is 11.6 Å². The quantitative estimate of drug-likeness (QED) is 0.813. The number of hydrogen-bond donors (Lipinski definition) is 1. The van der Waals surface area contributed by atoms with E-state index in [4.69, 9.17) is 30.5 Å². The molecule has 3 rings (SSSR count). The minimum absolute atomic E-state index is 0.226. The highest BCUT2D eigenvalue weighted by Gasteiger charge is 2.17. The van der Waals surface area contributed by atoms with Gasteiger partial charge < -0.3 is 24.3 Å². The highest BCUT2D eigenvalue weighted by atomic mass is 35.5. The van der Waals surface area contributed by atoms with E-state index < -0.39 is 0 Å². The van der Waals surface area contributed by atoms with Crippen LogP contribution in [-0.2, 0) is 22.6 Å². The van der Waals surface area contributed by atoms with Crippen LogP contribution in [0.2, 0.25) is 5.02 Å². The van der Waals surface area contributed by atoms with Gasteiger partial charge in [0.15, 0.2) is 17.8 Å². The summed E-state index contributed by atoms with van der Waals surface area (Å²) < 4.78 is 21.6. The Morgan fingerprint density at radius 2 is 1.68 bits per heavy atom. The zero-order valence-electron chi connectivity index (χ0n) is 14.4. The van der Waals surface area contributed by atoms with E-state index in [-0.39, 0.29) is 6.29 Å². The van der Waals surface area contributed by atoms with E-state index in [2.05, 4.69) is 17.4 Å². The van der Waals surface area contributed by atoms with E-state index in [0.717, 1.165) is 17.7 Å². The van der Waals surface area contributed by atoms with Crippen molar-refractivity contribution >= 4 is 11.6 Å². The van der Waals surface area contributed by atoms with E-state index in [1.165, 1.54) is 5.56 Å². The fourth-order valence-corrected chi connectivity index (χ4v) is 3.08. The third kappa shape index (κ3) is 4.44. The van der Waals surface area contributed by atoms with Crippen molar-refractivity contribution in [3.8, 4) is 11.5 Å². The SMILES string of the molecule is COc1cc(CNCc2ccc(C3OCCO3)cc2)cc(Cl)c1OC. The van der Waals surface area contributed by atoms with Crippen LogP contribution in [0, 0.1) is 0 Å². The molecule has 0 bridgehead atoms. The molecule has 1 saturated heterocycles. The number of benzene rings is 2. The summed E-state index contributed by atoms with van der Waals surface area (Å²) in [5.74, 6) is 1.19. The van der Waals surface area contributed by atoms with Crippen molar-refractivity contribution in [2.24, 2.45) is 0 Å². The first-order valence-electron chi connectivity index (χ1n) is 8.14. The van der Waals surface area contributed by atoms with Gasteiger partial charge >= 0.3 is 0 Å². The van der Waals surface area contributed by atoms with Crippen LogP contribution in [0.4, 0.5) is 0 Å². The second-order valence-corrected chi connectivity index (χ2v) is 6.14. The normalized spacial score (nSPS) is 14.7.